The number of likely N-dealkylation sites (tertiary alicyclic amines) is 1. The second kappa shape index (κ2) is 8.24. The first kappa shape index (κ1) is 20.5. The monoisotopic (exact) mass is 431 g/mol. The second-order valence-electron chi connectivity index (χ2n) is 9.46. The molecule has 0 spiro atoms. The first-order valence-electron chi connectivity index (χ1n) is 11.7. The fraction of sp³-hybridized carbons (Fsp3) is 0.696. The van der Waals surface area contributed by atoms with Crippen LogP contribution in [0.15, 0.2) is 23.1 Å². The minimum atomic E-state index is -3.49. The predicted octanol–water partition coefficient (Wildman–Crippen LogP) is 2.27. The molecule has 2 heterocycles. The van der Waals surface area contributed by atoms with E-state index >= 15 is 0 Å². The summed E-state index contributed by atoms with van der Waals surface area (Å²) in [5.41, 5.74) is 2.50. The topological polar surface area (TPSA) is 60.9 Å². The van der Waals surface area contributed by atoms with E-state index in [1.807, 2.05) is 17.0 Å². The lowest BCUT2D eigenvalue weighted by molar-refractivity contribution is -0.132. The Morgan fingerprint density at radius 3 is 2.47 bits per heavy atom. The van der Waals surface area contributed by atoms with Gasteiger partial charge in [0, 0.05) is 39.3 Å². The van der Waals surface area contributed by atoms with Gasteiger partial charge in [0.05, 0.1) is 10.9 Å². The fourth-order valence-corrected chi connectivity index (χ4v) is 6.86. The van der Waals surface area contributed by atoms with Crippen LogP contribution in [-0.2, 0) is 27.7 Å². The molecule has 2 saturated heterocycles. The Kier molecular flexibility index (Phi) is 5.62. The molecular formula is C23H33N3O3S. The number of benzene rings is 1. The average molecular weight is 432 g/mol. The van der Waals surface area contributed by atoms with Crippen LogP contribution in [0.5, 0.6) is 0 Å². The van der Waals surface area contributed by atoms with Gasteiger partial charge in [0.1, 0.15) is 0 Å². The molecule has 1 atom stereocenters. The van der Waals surface area contributed by atoms with E-state index in [9.17, 15) is 13.2 Å². The predicted molar refractivity (Wildman–Crippen MR) is 116 cm³/mol. The molecule has 1 aromatic rings. The molecule has 7 heteroatoms. The highest BCUT2D eigenvalue weighted by molar-refractivity contribution is 7.89. The van der Waals surface area contributed by atoms with Gasteiger partial charge < -0.3 is 4.90 Å². The number of carbonyl (C=O) groups is 1. The van der Waals surface area contributed by atoms with Crippen molar-refractivity contribution in [2.75, 3.05) is 39.3 Å². The van der Waals surface area contributed by atoms with Crippen LogP contribution in [0.3, 0.4) is 0 Å². The number of carbonyl (C=O) groups excluding carboxylic acids is 1. The van der Waals surface area contributed by atoms with Gasteiger partial charge in [-0.3, -0.25) is 9.69 Å². The number of fused-ring (bicyclic) bond motifs is 1. The summed E-state index contributed by atoms with van der Waals surface area (Å²) in [7, 11) is -3.49. The van der Waals surface area contributed by atoms with Gasteiger partial charge in [-0.15, -0.1) is 0 Å². The van der Waals surface area contributed by atoms with Crippen molar-refractivity contribution in [2.24, 2.45) is 5.92 Å². The number of amides is 1. The van der Waals surface area contributed by atoms with E-state index in [0.29, 0.717) is 30.4 Å². The Hall–Kier alpha value is -1.44. The highest BCUT2D eigenvalue weighted by Gasteiger charge is 2.39. The smallest absolute Gasteiger partial charge is 0.243 e. The van der Waals surface area contributed by atoms with E-state index in [1.165, 1.54) is 30.4 Å². The van der Waals surface area contributed by atoms with Crippen molar-refractivity contribution in [1.82, 2.24) is 14.1 Å². The largest absolute Gasteiger partial charge is 0.341 e. The average Bonchev–Trinajstić information content (AvgIpc) is 3.54. The molecule has 0 aromatic heterocycles. The molecule has 30 heavy (non-hydrogen) atoms. The van der Waals surface area contributed by atoms with E-state index in [4.69, 9.17) is 0 Å². The van der Waals surface area contributed by atoms with Gasteiger partial charge in [-0.25, -0.2) is 8.42 Å². The summed E-state index contributed by atoms with van der Waals surface area (Å²) < 4.78 is 28.3. The van der Waals surface area contributed by atoms with E-state index < -0.39 is 10.0 Å². The van der Waals surface area contributed by atoms with Crippen molar-refractivity contribution in [3.63, 3.8) is 0 Å². The van der Waals surface area contributed by atoms with Crippen LogP contribution in [0.25, 0.3) is 0 Å². The molecular weight excluding hydrogens is 398 g/mol. The molecule has 5 rings (SSSR count). The molecule has 0 radical (unpaired) electrons. The zero-order valence-corrected chi connectivity index (χ0v) is 18.6. The summed E-state index contributed by atoms with van der Waals surface area (Å²) in [5.74, 6) is 0.974. The number of rotatable bonds is 5. The minimum Gasteiger partial charge on any atom is -0.341 e. The third kappa shape index (κ3) is 4.04. The van der Waals surface area contributed by atoms with Gasteiger partial charge in [-0.05, 0) is 80.5 Å². The molecule has 2 aliphatic carbocycles. The molecule has 1 aromatic carbocycles. The maximum Gasteiger partial charge on any atom is 0.243 e. The van der Waals surface area contributed by atoms with Crippen LogP contribution in [0.1, 0.15) is 49.7 Å². The SMILES string of the molecule is O=C1[C@@H](N2CCCN(S(=O)(=O)c3ccc4c(c3)CCCC4)CC2)CCN1CC1CC1. The molecule has 6 nitrogen and oxygen atoms in total. The fourth-order valence-electron chi connectivity index (χ4n) is 5.34. The zero-order chi connectivity index (χ0) is 20.7. The van der Waals surface area contributed by atoms with Crippen LogP contribution in [-0.4, -0.2) is 73.7 Å². The molecule has 0 bridgehead atoms. The highest BCUT2D eigenvalue weighted by atomic mass is 32.2. The van der Waals surface area contributed by atoms with Crippen LogP contribution >= 0.6 is 0 Å². The standard InChI is InChI=1S/C23H33N3O3S/c27-23-22(10-13-25(23)17-18-6-7-18)24-11-3-12-26(15-14-24)30(28,29)21-9-8-19-4-1-2-5-20(19)16-21/h8-9,16,18,22H,1-7,10-15,17H2/t22-/m0/s1. The van der Waals surface area contributed by atoms with Crippen LogP contribution in [0.4, 0.5) is 0 Å². The quantitative estimate of drug-likeness (QED) is 0.718. The van der Waals surface area contributed by atoms with E-state index in [2.05, 4.69) is 4.90 Å². The number of hydrogen-bond donors (Lipinski definition) is 0. The summed E-state index contributed by atoms with van der Waals surface area (Å²) in [6.07, 6.45) is 8.54. The first-order chi connectivity index (χ1) is 14.5. The van der Waals surface area contributed by atoms with Gasteiger partial charge in [-0.2, -0.15) is 4.31 Å². The van der Waals surface area contributed by atoms with Crippen molar-refractivity contribution in [3.8, 4) is 0 Å². The van der Waals surface area contributed by atoms with Crippen molar-refractivity contribution < 1.29 is 13.2 Å². The van der Waals surface area contributed by atoms with Crippen molar-refractivity contribution in [2.45, 2.75) is 62.3 Å². The van der Waals surface area contributed by atoms with Crippen molar-refractivity contribution >= 4 is 15.9 Å². The third-order valence-corrected chi connectivity index (χ3v) is 9.23. The normalized spacial score (nSPS) is 26.6. The highest BCUT2D eigenvalue weighted by Crippen LogP contribution is 2.32. The lowest BCUT2D eigenvalue weighted by Gasteiger charge is -2.26. The Labute approximate surface area is 180 Å². The van der Waals surface area contributed by atoms with Gasteiger partial charge in [-0.1, -0.05) is 6.07 Å². The Morgan fingerprint density at radius 2 is 1.67 bits per heavy atom. The molecule has 164 valence electrons. The number of sulfonamides is 1. The molecule has 4 aliphatic rings. The van der Waals surface area contributed by atoms with E-state index in [1.54, 1.807) is 10.4 Å². The van der Waals surface area contributed by atoms with Crippen LogP contribution in [0.2, 0.25) is 0 Å². The molecule has 1 amide bonds. The zero-order valence-electron chi connectivity index (χ0n) is 17.8. The van der Waals surface area contributed by atoms with Gasteiger partial charge in [0.15, 0.2) is 0 Å². The third-order valence-electron chi connectivity index (χ3n) is 7.33. The number of nitrogens with zero attached hydrogens (tertiary/aromatic N) is 3. The maximum absolute atomic E-state index is 13.3. The van der Waals surface area contributed by atoms with Gasteiger partial charge >= 0.3 is 0 Å². The van der Waals surface area contributed by atoms with Crippen molar-refractivity contribution in [1.29, 1.82) is 0 Å². The van der Waals surface area contributed by atoms with E-state index in [0.717, 1.165) is 51.7 Å². The van der Waals surface area contributed by atoms with Crippen LogP contribution < -0.4 is 0 Å². The number of hydrogen-bond acceptors (Lipinski definition) is 4. The Morgan fingerprint density at radius 1 is 0.867 bits per heavy atom. The summed E-state index contributed by atoms with van der Waals surface area (Å²) in [6, 6.07) is 5.65. The van der Waals surface area contributed by atoms with Gasteiger partial charge in [0.25, 0.3) is 0 Å². The lowest BCUT2D eigenvalue weighted by atomic mass is 9.92. The molecule has 2 aliphatic heterocycles. The summed E-state index contributed by atoms with van der Waals surface area (Å²) >= 11 is 0. The molecule has 3 fully saturated rings. The maximum atomic E-state index is 13.3. The molecule has 0 unspecified atom stereocenters. The van der Waals surface area contributed by atoms with E-state index in [-0.39, 0.29) is 11.9 Å². The lowest BCUT2D eigenvalue weighted by Crippen LogP contribution is -2.44. The van der Waals surface area contributed by atoms with Crippen molar-refractivity contribution in [3.05, 3.63) is 29.3 Å². The second-order valence-corrected chi connectivity index (χ2v) is 11.4. The summed E-state index contributed by atoms with van der Waals surface area (Å²) in [4.78, 5) is 17.6. The molecule has 1 saturated carbocycles. The number of aryl methyl sites for hydroxylation is 2. The minimum absolute atomic E-state index is 0.0600. The molecule has 0 N–H and O–H groups in total. The van der Waals surface area contributed by atoms with Gasteiger partial charge in [0.2, 0.25) is 15.9 Å². The Bertz CT molecular complexity index is 912. The Balaban J connectivity index is 1.25. The first-order valence-corrected chi connectivity index (χ1v) is 13.1. The summed E-state index contributed by atoms with van der Waals surface area (Å²) in [5, 5.41) is 0. The van der Waals surface area contributed by atoms with Crippen LogP contribution in [0, 0.1) is 5.92 Å². The summed E-state index contributed by atoms with van der Waals surface area (Å²) in [6.45, 7) is 4.20.